The van der Waals surface area contributed by atoms with Crippen LogP contribution in [-0.2, 0) is 27.3 Å². The molecule has 0 atom stereocenters. The molecular weight excluding hydrogens is 482 g/mol. The van der Waals surface area contributed by atoms with Gasteiger partial charge in [0.15, 0.2) is 4.96 Å². The van der Waals surface area contributed by atoms with Crippen molar-refractivity contribution in [2.24, 2.45) is 0 Å². The minimum absolute atomic E-state index is 0.0501. The van der Waals surface area contributed by atoms with Gasteiger partial charge in [0.2, 0.25) is 5.91 Å². The highest BCUT2D eigenvalue weighted by molar-refractivity contribution is 7.15. The van der Waals surface area contributed by atoms with Gasteiger partial charge in [0, 0.05) is 48.8 Å². The zero-order chi connectivity index (χ0) is 25.6. The molecule has 0 unspecified atom stereocenters. The first-order valence-electron chi connectivity index (χ1n) is 12.5. The molecule has 0 spiro atoms. The zero-order valence-electron chi connectivity index (χ0n) is 20.8. The van der Waals surface area contributed by atoms with Crippen LogP contribution in [0.2, 0.25) is 0 Å². The van der Waals surface area contributed by atoms with Gasteiger partial charge in [-0.25, -0.2) is 4.98 Å². The Morgan fingerprint density at radius 2 is 1.76 bits per heavy atom. The van der Waals surface area contributed by atoms with Crippen LogP contribution >= 0.6 is 11.3 Å². The molecule has 0 radical (unpaired) electrons. The third-order valence-electron chi connectivity index (χ3n) is 6.38. The molecule has 0 fully saturated rings. The Labute approximate surface area is 220 Å². The highest BCUT2D eigenvalue weighted by Gasteiger charge is 2.18. The topological polar surface area (TPSA) is 63.9 Å². The predicted molar refractivity (Wildman–Crippen MR) is 147 cm³/mol. The smallest absolute Gasteiger partial charge is 0.306 e. The lowest BCUT2D eigenvalue weighted by molar-refractivity contribution is -0.145. The molecule has 0 saturated heterocycles. The van der Waals surface area contributed by atoms with E-state index in [0.29, 0.717) is 26.1 Å². The lowest BCUT2D eigenvalue weighted by Gasteiger charge is -2.23. The molecule has 37 heavy (non-hydrogen) atoms. The van der Waals surface area contributed by atoms with Crippen molar-refractivity contribution >= 4 is 38.9 Å². The number of imidazole rings is 1. The summed E-state index contributed by atoms with van der Waals surface area (Å²) in [6.07, 6.45) is 3.00. The summed E-state index contributed by atoms with van der Waals surface area (Å²) in [4.78, 5) is 32.5. The summed E-state index contributed by atoms with van der Waals surface area (Å²) in [7, 11) is 0. The largest absolute Gasteiger partial charge is 0.466 e. The van der Waals surface area contributed by atoms with Crippen LogP contribution in [0.1, 0.15) is 31.0 Å². The Balaban J connectivity index is 1.32. The van der Waals surface area contributed by atoms with E-state index < -0.39 is 0 Å². The number of carbonyl (C=O) groups excluding carboxylic acids is 2. The Hall–Kier alpha value is -3.97. The van der Waals surface area contributed by atoms with Gasteiger partial charge in [-0.05, 0) is 29.3 Å². The first-order chi connectivity index (χ1) is 18.1. The van der Waals surface area contributed by atoms with E-state index in [1.807, 2.05) is 47.4 Å². The van der Waals surface area contributed by atoms with E-state index in [9.17, 15) is 9.59 Å². The monoisotopic (exact) mass is 511 g/mol. The summed E-state index contributed by atoms with van der Waals surface area (Å²) in [5, 5.41) is 4.50. The number of rotatable bonds is 10. The standard InChI is InChI=1S/C30H29N3O3S/c1-2-36-29(35)15-14-28(34)32(19-22-8-4-3-5-9-22)17-16-26-21-37-30-31-27(20-33(26)30)25-13-12-23-10-6-7-11-24(23)18-25/h3-13,18,20-21H,2,14-17,19H2,1H3. The lowest BCUT2D eigenvalue weighted by atomic mass is 10.1. The molecule has 0 aliphatic rings. The fourth-order valence-corrected chi connectivity index (χ4v) is 5.35. The molecule has 0 N–H and O–H groups in total. The molecule has 6 nitrogen and oxygen atoms in total. The molecular formula is C30H29N3O3S. The fraction of sp³-hybridized carbons (Fsp3) is 0.233. The van der Waals surface area contributed by atoms with Crippen molar-refractivity contribution in [1.82, 2.24) is 14.3 Å². The van der Waals surface area contributed by atoms with Crippen molar-refractivity contribution in [3.63, 3.8) is 0 Å². The van der Waals surface area contributed by atoms with Gasteiger partial charge in [-0.15, -0.1) is 11.3 Å². The first-order valence-corrected chi connectivity index (χ1v) is 13.4. The summed E-state index contributed by atoms with van der Waals surface area (Å²) < 4.78 is 7.13. The molecule has 0 aliphatic carbocycles. The molecule has 5 rings (SSSR count). The van der Waals surface area contributed by atoms with Gasteiger partial charge in [-0.1, -0.05) is 66.7 Å². The van der Waals surface area contributed by atoms with Crippen molar-refractivity contribution in [2.75, 3.05) is 13.2 Å². The third kappa shape index (κ3) is 5.89. The van der Waals surface area contributed by atoms with Gasteiger partial charge in [0.05, 0.1) is 18.7 Å². The van der Waals surface area contributed by atoms with E-state index in [-0.39, 0.29) is 24.7 Å². The van der Waals surface area contributed by atoms with Crippen LogP contribution in [0.5, 0.6) is 0 Å². The van der Waals surface area contributed by atoms with Crippen LogP contribution in [-0.4, -0.2) is 39.3 Å². The number of nitrogens with zero attached hydrogens (tertiary/aromatic N) is 3. The van der Waals surface area contributed by atoms with Crippen LogP contribution in [0, 0.1) is 0 Å². The molecule has 188 valence electrons. The number of amides is 1. The maximum Gasteiger partial charge on any atom is 0.306 e. The first kappa shape index (κ1) is 24.7. The van der Waals surface area contributed by atoms with Crippen molar-refractivity contribution in [1.29, 1.82) is 0 Å². The number of esters is 1. The second kappa shape index (κ2) is 11.4. The molecule has 0 saturated carbocycles. The van der Waals surface area contributed by atoms with Crippen molar-refractivity contribution in [3.8, 4) is 11.3 Å². The molecule has 0 bridgehead atoms. The minimum atomic E-state index is -0.338. The minimum Gasteiger partial charge on any atom is -0.466 e. The third-order valence-corrected chi connectivity index (χ3v) is 7.27. The van der Waals surface area contributed by atoms with Crippen LogP contribution in [0.4, 0.5) is 0 Å². The predicted octanol–water partition coefficient (Wildman–Crippen LogP) is 6.13. The van der Waals surface area contributed by atoms with E-state index in [4.69, 9.17) is 9.72 Å². The van der Waals surface area contributed by atoms with Crippen molar-refractivity contribution < 1.29 is 14.3 Å². The quantitative estimate of drug-likeness (QED) is 0.212. The van der Waals surface area contributed by atoms with Gasteiger partial charge in [0.25, 0.3) is 0 Å². The summed E-state index contributed by atoms with van der Waals surface area (Å²) in [6.45, 7) is 3.14. The second-order valence-corrected chi connectivity index (χ2v) is 9.76. The van der Waals surface area contributed by atoms with E-state index in [2.05, 4.69) is 46.3 Å². The maximum atomic E-state index is 13.1. The van der Waals surface area contributed by atoms with Crippen LogP contribution in [0.3, 0.4) is 0 Å². The lowest BCUT2D eigenvalue weighted by Crippen LogP contribution is -2.33. The molecule has 5 aromatic rings. The highest BCUT2D eigenvalue weighted by Crippen LogP contribution is 2.27. The normalized spacial score (nSPS) is 11.2. The van der Waals surface area contributed by atoms with Gasteiger partial charge in [-0.2, -0.15) is 0 Å². The Bertz CT molecular complexity index is 1520. The van der Waals surface area contributed by atoms with Crippen LogP contribution in [0.15, 0.2) is 84.4 Å². The summed E-state index contributed by atoms with van der Waals surface area (Å²) >= 11 is 1.60. The maximum absolute atomic E-state index is 13.1. The molecule has 2 aromatic heterocycles. The van der Waals surface area contributed by atoms with Gasteiger partial charge >= 0.3 is 5.97 Å². The molecule has 2 heterocycles. The number of carbonyl (C=O) groups is 2. The zero-order valence-corrected chi connectivity index (χ0v) is 21.6. The van der Waals surface area contributed by atoms with Gasteiger partial charge in [-0.3, -0.25) is 14.0 Å². The number of hydrogen-bond acceptors (Lipinski definition) is 5. The van der Waals surface area contributed by atoms with E-state index in [1.165, 1.54) is 10.8 Å². The number of thiazole rings is 1. The van der Waals surface area contributed by atoms with Crippen LogP contribution in [0.25, 0.3) is 27.0 Å². The number of benzene rings is 3. The average molecular weight is 512 g/mol. The molecule has 0 aliphatic heterocycles. The fourth-order valence-electron chi connectivity index (χ4n) is 4.44. The Morgan fingerprint density at radius 1 is 0.973 bits per heavy atom. The average Bonchev–Trinajstić information content (AvgIpc) is 3.51. The Kier molecular flexibility index (Phi) is 7.61. The van der Waals surface area contributed by atoms with Gasteiger partial charge in [0.1, 0.15) is 0 Å². The van der Waals surface area contributed by atoms with E-state index >= 15 is 0 Å². The highest BCUT2D eigenvalue weighted by atomic mass is 32.1. The van der Waals surface area contributed by atoms with Gasteiger partial charge < -0.3 is 9.64 Å². The molecule has 7 heteroatoms. The summed E-state index contributed by atoms with van der Waals surface area (Å²) in [6, 6.07) is 24.7. The molecule has 3 aromatic carbocycles. The number of ether oxygens (including phenoxy) is 1. The summed E-state index contributed by atoms with van der Waals surface area (Å²) in [5.41, 5.74) is 4.19. The number of fused-ring (bicyclic) bond motifs is 2. The van der Waals surface area contributed by atoms with E-state index in [1.54, 1.807) is 18.3 Å². The van der Waals surface area contributed by atoms with Crippen molar-refractivity contribution in [2.45, 2.75) is 32.7 Å². The molecule has 1 amide bonds. The van der Waals surface area contributed by atoms with E-state index in [0.717, 1.165) is 27.5 Å². The van der Waals surface area contributed by atoms with Crippen molar-refractivity contribution in [3.05, 3.63) is 95.6 Å². The SMILES string of the molecule is CCOC(=O)CCC(=O)N(CCc1csc2nc(-c3ccc4ccccc4c3)cn12)Cc1ccccc1. The summed E-state index contributed by atoms with van der Waals surface area (Å²) in [5.74, 6) is -0.388. The number of hydrogen-bond donors (Lipinski definition) is 0. The Morgan fingerprint density at radius 3 is 2.57 bits per heavy atom. The van der Waals surface area contributed by atoms with Crippen LogP contribution < -0.4 is 0 Å². The number of aromatic nitrogens is 2. The second-order valence-electron chi connectivity index (χ2n) is 8.92.